The molecule has 1 heterocycles. The van der Waals surface area contributed by atoms with Gasteiger partial charge in [0.2, 0.25) is 5.56 Å². The van der Waals surface area contributed by atoms with Crippen LogP contribution < -0.4 is 21.5 Å². The highest BCUT2D eigenvalue weighted by atomic mass is 19.1. The van der Waals surface area contributed by atoms with E-state index in [9.17, 15) is 28.9 Å². The molecule has 11 heteroatoms. The van der Waals surface area contributed by atoms with Crippen molar-refractivity contribution in [2.75, 3.05) is 12.4 Å². The molecule has 3 aromatic rings. The molecular weight excluding hydrogens is 493 g/mol. The Labute approximate surface area is 217 Å². The van der Waals surface area contributed by atoms with Gasteiger partial charge in [0, 0.05) is 42.2 Å². The lowest BCUT2D eigenvalue weighted by Gasteiger charge is -2.34. The first-order chi connectivity index (χ1) is 18.2. The van der Waals surface area contributed by atoms with Gasteiger partial charge in [0.15, 0.2) is 0 Å². The number of halogens is 1. The molecule has 2 atom stereocenters. The Bertz CT molecular complexity index is 1500. The van der Waals surface area contributed by atoms with Crippen LogP contribution in [0.5, 0.6) is 0 Å². The van der Waals surface area contributed by atoms with E-state index in [1.165, 1.54) is 31.3 Å². The number of nitro benzene ring substituents is 1. The number of pyridine rings is 1. The quantitative estimate of drug-likeness (QED) is 0.273. The molecule has 4 N–H and O–H groups in total. The average molecular weight is 522 g/mol. The standard InChI is InChI=1S/C27H28FN5O5/c1-29-26(35)19-10-15(14-6-7-14)11-23(33(37)38)25(19)31-21-4-2-3-5-22(21)32-27(36)18-13-24(34)30-20-9-8-16(28)12-17(18)20/h8-14,21-22,31H,2-7H2,1H3,(H,29,35)(H,30,34)(H,32,36)/t21-,22+/m1/s1. The van der Waals surface area contributed by atoms with Gasteiger partial charge in [-0.3, -0.25) is 24.5 Å². The van der Waals surface area contributed by atoms with Gasteiger partial charge in [0.1, 0.15) is 11.5 Å². The van der Waals surface area contributed by atoms with E-state index >= 15 is 0 Å². The zero-order chi connectivity index (χ0) is 27.0. The maximum absolute atomic E-state index is 13.9. The largest absolute Gasteiger partial charge is 0.374 e. The lowest BCUT2D eigenvalue weighted by atomic mass is 9.89. The first kappa shape index (κ1) is 25.4. The van der Waals surface area contributed by atoms with Crippen molar-refractivity contribution < 1.29 is 18.9 Å². The average Bonchev–Trinajstić information content (AvgIpc) is 3.74. The number of carbonyl (C=O) groups is 2. The van der Waals surface area contributed by atoms with Crippen LogP contribution in [0, 0.1) is 15.9 Å². The van der Waals surface area contributed by atoms with E-state index in [1.807, 2.05) is 0 Å². The van der Waals surface area contributed by atoms with Crippen molar-refractivity contribution in [3.63, 3.8) is 0 Å². The summed E-state index contributed by atoms with van der Waals surface area (Å²) in [7, 11) is 1.47. The van der Waals surface area contributed by atoms with E-state index in [0.29, 0.717) is 18.4 Å². The molecule has 2 amide bonds. The number of nitro groups is 1. The Balaban J connectivity index is 1.47. The predicted octanol–water partition coefficient (Wildman–Crippen LogP) is 3.97. The summed E-state index contributed by atoms with van der Waals surface area (Å²) in [6.07, 6.45) is 4.68. The molecule has 2 aliphatic carbocycles. The maximum Gasteiger partial charge on any atom is 0.293 e. The Hall–Kier alpha value is -4.28. The molecule has 198 valence electrons. The molecule has 0 unspecified atom stereocenters. The summed E-state index contributed by atoms with van der Waals surface area (Å²) in [5, 5.41) is 21.1. The summed E-state index contributed by atoms with van der Waals surface area (Å²) in [4.78, 5) is 52.4. The highest BCUT2D eigenvalue weighted by molar-refractivity contribution is 6.06. The lowest BCUT2D eigenvalue weighted by Crippen LogP contribution is -2.49. The Morgan fingerprint density at radius 1 is 1.00 bits per heavy atom. The molecule has 2 aliphatic rings. The van der Waals surface area contributed by atoms with Crippen molar-refractivity contribution in [2.45, 2.75) is 56.5 Å². The van der Waals surface area contributed by atoms with Crippen LogP contribution in [0.1, 0.15) is 70.7 Å². The monoisotopic (exact) mass is 521 g/mol. The number of fused-ring (bicyclic) bond motifs is 1. The summed E-state index contributed by atoms with van der Waals surface area (Å²) >= 11 is 0. The van der Waals surface area contributed by atoms with Gasteiger partial charge in [0.05, 0.1) is 16.1 Å². The van der Waals surface area contributed by atoms with Crippen LogP contribution in [0.2, 0.25) is 0 Å². The molecule has 1 aromatic heterocycles. The molecule has 0 bridgehead atoms. The second-order valence-electron chi connectivity index (χ2n) is 9.93. The molecule has 0 saturated heterocycles. The van der Waals surface area contributed by atoms with E-state index in [4.69, 9.17) is 0 Å². The molecule has 0 spiro atoms. The van der Waals surface area contributed by atoms with Crippen molar-refractivity contribution in [1.29, 1.82) is 0 Å². The number of amides is 2. The van der Waals surface area contributed by atoms with Crippen molar-refractivity contribution in [3.05, 3.63) is 79.4 Å². The van der Waals surface area contributed by atoms with Crippen LogP contribution in [0.3, 0.4) is 0 Å². The van der Waals surface area contributed by atoms with Crippen LogP contribution in [0.4, 0.5) is 15.8 Å². The second kappa shape index (κ2) is 10.2. The van der Waals surface area contributed by atoms with Crippen molar-refractivity contribution in [3.8, 4) is 0 Å². The molecule has 5 rings (SSSR count). The predicted molar refractivity (Wildman–Crippen MR) is 140 cm³/mol. The summed E-state index contributed by atoms with van der Waals surface area (Å²) < 4.78 is 13.9. The highest BCUT2D eigenvalue weighted by Gasteiger charge is 2.34. The Kier molecular flexibility index (Phi) is 6.83. The lowest BCUT2D eigenvalue weighted by molar-refractivity contribution is -0.384. The summed E-state index contributed by atoms with van der Waals surface area (Å²) in [5.41, 5.74) is 0.780. The van der Waals surface area contributed by atoms with Gasteiger partial charge in [-0.2, -0.15) is 0 Å². The molecule has 2 saturated carbocycles. The Morgan fingerprint density at radius 2 is 1.74 bits per heavy atom. The third-order valence-corrected chi connectivity index (χ3v) is 7.32. The van der Waals surface area contributed by atoms with Gasteiger partial charge in [-0.1, -0.05) is 12.8 Å². The fourth-order valence-corrected chi connectivity index (χ4v) is 5.23. The molecule has 2 aromatic carbocycles. The molecule has 0 radical (unpaired) electrons. The number of aromatic nitrogens is 1. The Morgan fingerprint density at radius 3 is 2.42 bits per heavy atom. The summed E-state index contributed by atoms with van der Waals surface area (Å²) in [6.45, 7) is 0. The van der Waals surface area contributed by atoms with E-state index in [0.717, 1.165) is 37.3 Å². The van der Waals surface area contributed by atoms with E-state index in [2.05, 4.69) is 20.9 Å². The number of aromatic amines is 1. The molecular formula is C27H28FN5O5. The van der Waals surface area contributed by atoms with Crippen LogP contribution in [-0.4, -0.2) is 40.9 Å². The van der Waals surface area contributed by atoms with Gasteiger partial charge >= 0.3 is 0 Å². The summed E-state index contributed by atoms with van der Waals surface area (Å²) in [6, 6.07) is 7.31. The fraction of sp³-hybridized carbons (Fsp3) is 0.370. The van der Waals surface area contributed by atoms with Crippen LogP contribution in [0.25, 0.3) is 10.9 Å². The minimum atomic E-state index is -0.546. The molecule has 2 fully saturated rings. The van der Waals surface area contributed by atoms with Gasteiger partial charge < -0.3 is 20.9 Å². The number of benzene rings is 2. The molecule has 0 aliphatic heterocycles. The van der Waals surface area contributed by atoms with Crippen molar-refractivity contribution in [2.24, 2.45) is 0 Å². The van der Waals surface area contributed by atoms with Crippen LogP contribution in [0.15, 0.2) is 41.2 Å². The first-order valence-electron chi connectivity index (χ1n) is 12.7. The van der Waals surface area contributed by atoms with Gasteiger partial charge in [-0.15, -0.1) is 0 Å². The molecule has 38 heavy (non-hydrogen) atoms. The van der Waals surface area contributed by atoms with Gasteiger partial charge in [0.25, 0.3) is 17.5 Å². The SMILES string of the molecule is CNC(=O)c1cc(C2CC2)cc([N+](=O)[O-])c1N[C@@H]1CCCC[C@@H]1NC(=O)c1cc(=O)[nH]c2ccc(F)cc12. The van der Waals surface area contributed by atoms with Gasteiger partial charge in [-0.05, 0) is 61.4 Å². The smallest absolute Gasteiger partial charge is 0.293 e. The van der Waals surface area contributed by atoms with Gasteiger partial charge in [-0.25, -0.2) is 4.39 Å². The van der Waals surface area contributed by atoms with Crippen LogP contribution in [-0.2, 0) is 0 Å². The first-order valence-corrected chi connectivity index (χ1v) is 12.7. The number of carbonyl (C=O) groups excluding carboxylic acids is 2. The topological polar surface area (TPSA) is 146 Å². The number of nitrogens with zero attached hydrogens (tertiary/aromatic N) is 1. The zero-order valence-corrected chi connectivity index (χ0v) is 20.8. The number of H-pyrrole nitrogens is 1. The van der Waals surface area contributed by atoms with Crippen molar-refractivity contribution in [1.82, 2.24) is 15.6 Å². The van der Waals surface area contributed by atoms with E-state index in [-0.39, 0.29) is 33.8 Å². The number of hydrogen-bond donors (Lipinski definition) is 4. The number of hydrogen-bond acceptors (Lipinski definition) is 6. The molecule has 10 nitrogen and oxygen atoms in total. The minimum absolute atomic E-state index is 0.0402. The number of rotatable bonds is 7. The fourth-order valence-electron chi connectivity index (χ4n) is 5.23. The summed E-state index contributed by atoms with van der Waals surface area (Å²) in [5.74, 6) is -1.32. The van der Waals surface area contributed by atoms with Crippen molar-refractivity contribution >= 4 is 34.1 Å². The number of anilines is 1. The normalized spacial score (nSPS) is 19.1. The number of nitrogens with one attached hydrogen (secondary N) is 4. The third kappa shape index (κ3) is 5.09. The third-order valence-electron chi connectivity index (χ3n) is 7.32. The van der Waals surface area contributed by atoms with E-state index < -0.39 is 40.2 Å². The highest BCUT2D eigenvalue weighted by Crippen LogP contribution is 2.44. The zero-order valence-electron chi connectivity index (χ0n) is 20.8. The minimum Gasteiger partial charge on any atom is -0.374 e. The second-order valence-corrected chi connectivity index (χ2v) is 9.93. The van der Waals surface area contributed by atoms with Crippen LogP contribution >= 0.6 is 0 Å². The van der Waals surface area contributed by atoms with E-state index in [1.54, 1.807) is 6.07 Å². The maximum atomic E-state index is 13.9.